The van der Waals surface area contributed by atoms with Gasteiger partial charge in [-0.3, -0.25) is 4.90 Å². The normalized spacial score (nSPS) is 30.3. The van der Waals surface area contributed by atoms with E-state index in [0.717, 1.165) is 12.0 Å². The molecule has 2 unspecified atom stereocenters. The van der Waals surface area contributed by atoms with Crippen LogP contribution in [0.25, 0.3) is 0 Å². The minimum absolute atomic E-state index is 0.840. The number of rotatable bonds is 5. The Morgan fingerprint density at radius 2 is 2.20 bits per heavy atom. The van der Waals surface area contributed by atoms with Crippen LogP contribution >= 0.6 is 0 Å². The molecule has 2 heterocycles. The van der Waals surface area contributed by atoms with Crippen molar-refractivity contribution in [3.8, 4) is 0 Å². The highest BCUT2D eigenvalue weighted by atomic mass is 15.3. The van der Waals surface area contributed by atoms with Crippen molar-refractivity contribution in [3.05, 3.63) is 12.3 Å². The van der Waals surface area contributed by atoms with Crippen LogP contribution in [0.2, 0.25) is 0 Å². The van der Waals surface area contributed by atoms with Gasteiger partial charge in [-0.25, -0.2) is 0 Å². The van der Waals surface area contributed by atoms with Gasteiger partial charge >= 0.3 is 0 Å². The number of allylic oxidation sites excluding steroid dienone is 1. The van der Waals surface area contributed by atoms with Crippen molar-refractivity contribution in [2.75, 3.05) is 26.2 Å². The molecule has 0 bridgehead atoms. The topological polar surface area (TPSA) is 6.25 Å². The van der Waals surface area contributed by atoms with Gasteiger partial charge in [0.05, 0.1) is 0 Å². The van der Waals surface area contributed by atoms with Crippen LogP contribution in [0.15, 0.2) is 12.3 Å². The third-order valence-corrected chi connectivity index (χ3v) is 3.74. The summed E-state index contributed by atoms with van der Waals surface area (Å²) in [5, 5.41) is 0. The molecule has 0 aromatic rings. The Morgan fingerprint density at radius 1 is 1.40 bits per heavy atom. The summed E-state index contributed by atoms with van der Waals surface area (Å²) in [6, 6.07) is 0.881. The SMILES string of the molecule is C=C1CCCN1CCCN1CC1C(C)C. The first-order valence-electron chi connectivity index (χ1n) is 6.35. The molecule has 0 N–H and O–H groups in total. The van der Waals surface area contributed by atoms with Gasteiger partial charge in [-0.1, -0.05) is 20.4 Å². The van der Waals surface area contributed by atoms with Gasteiger partial charge in [0, 0.05) is 37.9 Å². The monoisotopic (exact) mass is 208 g/mol. The van der Waals surface area contributed by atoms with E-state index in [0.29, 0.717) is 0 Å². The van der Waals surface area contributed by atoms with Crippen LogP contribution in [0.1, 0.15) is 33.1 Å². The van der Waals surface area contributed by atoms with Crippen molar-refractivity contribution in [1.82, 2.24) is 9.80 Å². The summed E-state index contributed by atoms with van der Waals surface area (Å²) in [6.07, 6.45) is 3.84. The third-order valence-electron chi connectivity index (χ3n) is 3.74. The first-order chi connectivity index (χ1) is 7.18. The first-order valence-corrected chi connectivity index (χ1v) is 6.35. The summed E-state index contributed by atoms with van der Waals surface area (Å²) in [5.74, 6) is 0.840. The van der Waals surface area contributed by atoms with Crippen molar-refractivity contribution in [2.24, 2.45) is 5.92 Å². The molecule has 0 amide bonds. The maximum Gasteiger partial charge on any atom is 0.0246 e. The molecule has 0 aromatic heterocycles. The Labute approximate surface area is 93.9 Å². The summed E-state index contributed by atoms with van der Waals surface area (Å²) >= 11 is 0. The molecule has 2 fully saturated rings. The smallest absolute Gasteiger partial charge is 0.0246 e. The number of hydrogen-bond acceptors (Lipinski definition) is 2. The average Bonchev–Trinajstić information content (AvgIpc) is 2.85. The molecule has 0 aliphatic carbocycles. The highest BCUT2D eigenvalue weighted by Crippen LogP contribution is 2.25. The molecule has 0 radical (unpaired) electrons. The van der Waals surface area contributed by atoms with Crippen molar-refractivity contribution >= 4 is 0 Å². The van der Waals surface area contributed by atoms with Crippen molar-refractivity contribution in [3.63, 3.8) is 0 Å². The van der Waals surface area contributed by atoms with Crippen molar-refractivity contribution in [1.29, 1.82) is 0 Å². The Bertz CT molecular complexity index is 235. The van der Waals surface area contributed by atoms with E-state index in [1.54, 1.807) is 0 Å². The molecule has 2 saturated heterocycles. The fraction of sp³-hybridized carbons (Fsp3) is 0.846. The van der Waals surface area contributed by atoms with Crippen LogP contribution in [0.5, 0.6) is 0 Å². The Hall–Kier alpha value is -0.500. The van der Waals surface area contributed by atoms with Gasteiger partial charge in [0.25, 0.3) is 0 Å². The van der Waals surface area contributed by atoms with Crippen LogP contribution < -0.4 is 0 Å². The molecule has 2 rings (SSSR count). The van der Waals surface area contributed by atoms with Crippen LogP contribution in [0.4, 0.5) is 0 Å². The summed E-state index contributed by atoms with van der Waals surface area (Å²) < 4.78 is 0. The van der Waals surface area contributed by atoms with Crippen LogP contribution in [-0.4, -0.2) is 42.0 Å². The summed E-state index contributed by atoms with van der Waals surface area (Å²) in [5.41, 5.74) is 1.36. The summed E-state index contributed by atoms with van der Waals surface area (Å²) in [6.45, 7) is 13.8. The van der Waals surface area contributed by atoms with E-state index in [9.17, 15) is 0 Å². The first kappa shape index (κ1) is 11.0. The zero-order valence-electron chi connectivity index (χ0n) is 10.2. The largest absolute Gasteiger partial charge is 0.375 e. The molecular formula is C13H24N2. The minimum atomic E-state index is 0.840. The summed E-state index contributed by atoms with van der Waals surface area (Å²) in [4.78, 5) is 5.07. The van der Waals surface area contributed by atoms with E-state index in [2.05, 4.69) is 30.2 Å². The molecule has 2 atom stereocenters. The fourth-order valence-corrected chi connectivity index (χ4v) is 2.61. The Balaban J connectivity index is 1.58. The maximum atomic E-state index is 4.10. The van der Waals surface area contributed by atoms with Crippen molar-refractivity contribution < 1.29 is 0 Å². The minimum Gasteiger partial charge on any atom is -0.375 e. The molecule has 86 valence electrons. The van der Waals surface area contributed by atoms with Crippen LogP contribution in [-0.2, 0) is 0 Å². The van der Waals surface area contributed by atoms with Crippen LogP contribution in [0.3, 0.4) is 0 Å². The number of nitrogens with zero attached hydrogens (tertiary/aromatic N) is 2. The zero-order chi connectivity index (χ0) is 10.8. The zero-order valence-corrected chi connectivity index (χ0v) is 10.2. The standard InChI is InChI=1S/C13H24N2/c1-11(2)13-10-15(13)9-5-8-14-7-4-6-12(14)3/h11,13H,3-10H2,1-2H3. The molecule has 2 nitrogen and oxygen atoms in total. The Kier molecular flexibility index (Phi) is 3.35. The van der Waals surface area contributed by atoms with Gasteiger partial charge in [0.15, 0.2) is 0 Å². The van der Waals surface area contributed by atoms with E-state index in [1.165, 1.54) is 51.1 Å². The maximum absolute atomic E-state index is 4.10. The highest BCUT2D eigenvalue weighted by Gasteiger charge is 2.35. The lowest BCUT2D eigenvalue weighted by Crippen LogP contribution is -2.21. The van der Waals surface area contributed by atoms with Gasteiger partial charge in [-0.05, 0) is 25.2 Å². The third kappa shape index (κ3) is 2.75. The van der Waals surface area contributed by atoms with E-state index >= 15 is 0 Å². The molecule has 0 spiro atoms. The van der Waals surface area contributed by atoms with Gasteiger partial charge in [0.1, 0.15) is 0 Å². The second-order valence-corrected chi connectivity index (χ2v) is 5.32. The second-order valence-electron chi connectivity index (χ2n) is 5.32. The highest BCUT2D eigenvalue weighted by molar-refractivity contribution is 4.99. The molecule has 2 aliphatic rings. The van der Waals surface area contributed by atoms with Gasteiger partial charge < -0.3 is 4.90 Å². The van der Waals surface area contributed by atoms with Gasteiger partial charge in [-0.15, -0.1) is 0 Å². The predicted octanol–water partition coefficient (Wildman–Crippen LogP) is 2.33. The molecule has 0 saturated carbocycles. The van der Waals surface area contributed by atoms with E-state index < -0.39 is 0 Å². The molecule has 2 heteroatoms. The lowest BCUT2D eigenvalue weighted by Gasteiger charge is -2.19. The summed E-state index contributed by atoms with van der Waals surface area (Å²) in [7, 11) is 0. The fourth-order valence-electron chi connectivity index (χ4n) is 2.61. The number of likely N-dealkylation sites (tertiary alicyclic amines) is 1. The van der Waals surface area contributed by atoms with E-state index in [1.807, 2.05) is 0 Å². The van der Waals surface area contributed by atoms with Crippen LogP contribution in [0, 0.1) is 5.92 Å². The quantitative estimate of drug-likeness (QED) is 0.640. The lowest BCUT2D eigenvalue weighted by molar-refractivity contribution is 0.353. The molecule has 2 aliphatic heterocycles. The average molecular weight is 208 g/mol. The molecular weight excluding hydrogens is 184 g/mol. The van der Waals surface area contributed by atoms with Crippen molar-refractivity contribution in [2.45, 2.75) is 39.2 Å². The molecule has 15 heavy (non-hydrogen) atoms. The Morgan fingerprint density at radius 3 is 2.73 bits per heavy atom. The predicted molar refractivity (Wildman–Crippen MR) is 64.8 cm³/mol. The van der Waals surface area contributed by atoms with Gasteiger partial charge in [0.2, 0.25) is 0 Å². The van der Waals surface area contributed by atoms with E-state index in [4.69, 9.17) is 0 Å². The van der Waals surface area contributed by atoms with E-state index in [-0.39, 0.29) is 0 Å². The second kappa shape index (κ2) is 4.56. The lowest BCUT2D eigenvalue weighted by atomic mass is 10.1. The molecule has 0 aromatic carbocycles. The number of hydrogen-bond donors (Lipinski definition) is 0. The van der Waals surface area contributed by atoms with Gasteiger partial charge in [-0.2, -0.15) is 0 Å².